The maximum Gasteiger partial charge on any atom is 0.0560 e. The molecule has 0 spiro atoms. The van der Waals surface area contributed by atoms with Gasteiger partial charge in [0.2, 0.25) is 0 Å². The lowest BCUT2D eigenvalue weighted by atomic mass is 9.83. The molecule has 3 rings (SSSR count). The molecule has 2 aliphatic rings. The summed E-state index contributed by atoms with van der Waals surface area (Å²) in [5.41, 5.74) is 1.63. The summed E-state index contributed by atoms with van der Waals surface area (Å²) < 4.78 is 0. The van der Waals surface area contributed by atoms with Gasteiger partial charge in [0.1, 0.15) is 0 Å². The smallest absolute Gasteiger partial charge is 0.0560 e. The van der Waals surface area contributed by atoms with E-state index in [4.69, 9.17) is 0 Å². The molecule has 1 aliphatic carbocycles. The van der Waals surface area contributed by atoms with E-state index in [1.165, 1.54) is 44.2 Å². The lowest BCUT2D eigenvalue weighted by Crippen LogP contribution is -2.61. The number of benzene rings is 1. The van der Waals surface area contributed by atoms with Gasteiger partial charge in [-0.3, -0.25) is 4.90 Å². The molecule has 1 atom stereocenters. The molecule has 0 aromatic heterocycles. The Morgan fingerprint density at radius 1 is 1.11 bits per heavy atom. The molecule has 0 bridgehead atoms. The van der Waals surface area contributed by atoms with Crippen LogP contribution in [0.2, 0.25) is 0 Å². The quantitative estimate of drug-likeness (QED) is 0.876. The van der Waals surface area contributed by atoms with E-state index in [-0.39, 0.29) is 5.54 Å². The van der Waals surface area contributed by atoms with Crippen LogP contribution in [0.4, 0.5) is 0 Å². The highest BCUT2D eigenvalue weighted by molar-refractivity contribution is 5.25. The van der Waals surface area contributed by atoms with Gasteiger partial charge in [-0.2, -0.15) is 0 Å². The van der Waals surface area contributed by atoms with Crippen molar-refractivity contribution in [2.45, 2.75) is 50.6 Å². The predicted molar refractivity (Wildman–Crippen MR) is 80.2 cm³/mol. The van der Waals surface area contributed by atoms with Crippen LogP contribution in [0.5, 0.6) is 0 Å². The van der Waals surface area contributed by atoms with Crippen LogP contribution in [-0.4, -0.2) is 30.6 Å². The zero-order valence-electron chi connectivity index (χ0n) is 12.1. The van der Waals surface area contributed by atoms with Crippen molar-refractivity contribution in [2.75, 3.05) is 19.6 Å². The third-order valence-electron chi connectivity index (χ3n) is 5.04. The highest BCUT2D eigenvalue weighted by atomic mass is 15.3. The monoisotopic (exact) mass is 258 g/mol. The standard InChI is InChI=1S/C17H26N2/c1-17(15-8-4-2-5-9-15)14-18-12-13-19(17)16-10-6-3-7-11-16/h2,4-5,8-9,16,18H,3,6-7,10-14H2,1H3. The normalized spacial score (nSPS) is 30.4. The van der Waals surface area contributed by atoms with E-state index >= 15 is 0 Å². The molecule has 1 saturated carbocycles. The van der Waals surface area contributed by atoms with E-state index < -0.39 is 0 Å². The summed E-state index contributed by atoms with van der Waals surface area (Å²) in [6.07, 6.45) is 7.05. The molecule has 0 amide bonds. The van der Waals surface area contributed by atoms with Crippen molar-refractivity contribution >= 4 is 0 Å². The van der Waals surface area contributed by atoms with E-state index in [9.17, 15) is 0 Å². The molecule has 1 heterocycles. The second-order valence-corrected chi connectivity index (χ2v) is 6.30. The first kappa shape index (κ1) is 13.1. The molecule has 19 heavy (non-hydrogen) atoms. The Balaban J connectivity index is 1.87. The molecule has 1 N–H and O–H groups in total. The van der Waals surface area contributed by atoms with Crippen molar-refractivity contribution in [3.63, 3.8) is 0 Å². The van der Waals surface area contributed by atoms with Gasteiger partial charge in [0.25, 0.3) is 0 Å². The summed E-state index contributed by atoms with van der Waals surface area (Å²) in [7, 11) is 0. The average Bonchev–Trinajstić information content (AvgIpc) is 2.49. The highest BCUT2D eigenvalue weighted by Crippen LogP contribution is 2.35. The minimum Gasteiger partial charge on any atom is -0.313 e. The van der Waals surface area contributed by atoms with E-state index in [1.807, 2.05) is 0 Å². The molecule has 2 nitrogen and oxygen atoms in total. The Labute approximate surface area is 117 Å². The molecule has 1 aromatic rings. The van der Waals surface area contributed by atoms with Gasteiger partial charge in [-0.25, -0.2) is 0 Å². The number of nitrogens with one attached hydrogen (secondary N) is 1. The van der Waals surface area contributed by atoms with Crippen molar-refractivity contribution in [2.24, 2.45) is 0 Å². The van der Waals surface area contributed by atoms with Crippen LogP contribution in [0.15, 0.2) is 30.3 Å². The Kier molecular flexibility index (Phi) is 3.90. The SMILES string of the molecule is CC1(c2ccccc2)CNCCN1C1CCCCC1. The fourth-order valence-corrected chi connectivity index (χ4v) is 3.92. The van der Waals surface area contributed by atoms with Gasteiger partial charge >= 0.3 is 0 Å². The van der Waals surface area contributed by atoms with Crippen molar-refractivity contribution < 1.29 is 0 Å². The molecule has 0 radical (unpaired) electrons. The largest absolute Gasteiger partial charge is 0.313 e. The summed E-state index contributed by atoms with van der Waals surface area (Å²) in [6, 6.07) is 11.9. The Morgan fingerprint density at radius 3 is 2.58 bits per heavy atom. The maximum atomic E-state index is 3.60. The summed E-state index contributed by atoms with van der Waals surface area (Å²) in [5, 5.41) is 3.60. The second kappa shape index (κ2) is 5.64. The van der Waals surface area contributed by atoms with Crippen molar-refractivity contribution in [3.05, 3.63) is 35.9 Å². The number of piperazine rings is 1. The molecule has 1 aromatic carbocycles. The number of hydrogen-bond acceptors (Lipinski definition) is 2. The summed E-state index contributed by atoms with van der Waals surface area (Å²) in [4.78, 5) is 2.79. The third kappa shape index (κ3) is 2.56. The predicted octanol–water partition coefficient (Wildman–Crippen LogP) is 3.14. The summed E-state index contributed by atoms with van der Waals surface area (Å²) in [5.74, 6) is 0. The van der Waals surface area contributed by atoms with Crippen LogP contribution < -0.4 is 5.32 Å². The van der Waals surface area contributed by atoms with Crippen molar-refractivity contribution in [1.82, 2.24) is 10.2 Å². The zero-order valence-corrected chi connectivity index (χ0v) is 12.1. The minimum atomic E-state index is 0.168. The molecule has 2 fully saturated rings. The fraction of sp³-hybridized carbons (Fsp3) is 0.647. The highest BCUT2D eigenvalue weighted by Gasteiger charge is 2.39. The first-order valence-electron chi connectivity index (χ1n) is 7.84. The third-order valence-corrected chi connectivity index (χ3v) is 5.04. The van der Waals surface area contributed by atoms with E-state index in [0.717, 1.165) is 19.1 Å². The maximum absolute atomic E-state index is 3.60. The van der Waals surface area contributed by atoms with Crippen LogP contribution in [0.3, 0.4) is 0 Å². The first-order valence-corrected chi connectivity index (χ1v) is 7.84. The van der Waals surface area contributed by atoms with Gasteiger partial charge in [-0.1, -0.05) is 49.6 Å². The molecule has 1 unspecified atom stereocenters. The van der Waals surface area contributed by atoms with Gasteiger partial charge in [-0.05, 0) is 25.3 Å². The summed E-state index contributed by atoms with van der Waals surface area (Å²) >= 11 is 0. The van der Waals surface area contributed by atoms with Crippen LogP contribution in [-0.2, 0) is 5.54 Å². The molecular weight excluding hydrogens is 232 g/mol. The van der Waals surface area contributed by atoms with Gasteiger partial charge in [0.05, 0.1) is 5.54 Å². The van der Waals surface area contributed by atoms with Crippen LogP contribution in [0, 0.1) is 0 Å². The lowest BCUT2D eigenvalue weighted by Gasteiger charge is -2.50. The van der Waals surface area contributed by atoms with Gasteiger partial charge in [-0.15, -0.1) is 0 Å². The Hall–Kier alpha value is -0.860. The Bertz CT molecular complexity index is 397. The van der Waals surface area contributed by atoms with Gasteiger partial charge in [0, 0.05) is 25.7 Å². The van der Waals surface area contributed by atoms with Crippen LogP contribution >= 0.6 is 0 Å². The average molecular weight is 258 g/mol. The first-order chi connectivity index (χ1) is 9.31. The van der Waals surface area contributed by atoms with Gasteiger partial charge < -0.3 is 5.32 Å². The fourth-order valence-electron chi connectivity index (χ4n) is 3.92. The number of nitrogens with zero attached hydrogens (tertiary/aromatic N) is 1. The van der Waals surface area contributed by atoms with Crippen LogP contribution in [0.1, 0.15) is 44.6 Å². The topological polar surface area (TPSA) is 15.3 Å². The number of hydrogen-bond donors (Lipinski definition) is 1. The molecular formula is C17H26N2. The van der Waals surface area contributed by atoms with E-state index in [1.54, 1.807) is 0 Å². The molecule has 104 valence electrons. The van der Waals surface area contributed by atoms with Crippen molar-refractivity contribution in [1.29, 1.82) is 0 Å². The molecule has 1 saturated heterocycles. The van der Waals surface area contributed by atoms with E-state index in [0.29, 0.717) is 0 Å². The Morgan fingerprint density at radius 2 is 1.84 bits per heavy atom. The molecule has 1 aliphatic heterocycles. The van der Waals surface area contributed by atoms with Crippen LogP contribution in [0.25, 0.3) is 0 Å². The lowest BCUT2D eigenvalue weighted by molar-refractivity contribution is 0.0137. The van der Waals surface area contributed by atoms with Crippen molar-refractivity contribution in [3.8, 4) is 0 Å². The summed E-state index contributed by atoms with van der Waals surface area (Å²) in [6.45, 7) is 5.82. The minimum absolute atomic E-state index is 0.168. The second-order valence-electron chi connectivity index (χ2n) is 6.30. The molecule has 2 heteroatoms. The zero-order chi connectivity index (χ0) is 13.1. The van der Waals surface area contributed by atoms with E-state index in [2.05, 4.69) is 47.5 Å². The van der Waals surface area contributed by atoms with Gasteiger partial charge in [0.15, 0.2) is 0 Å². The number of rotatable bonds is 2.